The van der Waals surface area contributed by atoms with Gasteiger partial charge in [0.1, 0.15) is 12.4 Å². The summed E-state index contributed by atoms with van der Waals surface area (Å²) in [6.07, 6.45) is 11.9. The molecule has 0 spiro atoms. The third-order valence-corrected chi connectivity index (χ3v) is 3.53. The smallest absolute Gasteiger partial charge is 0.148 e. The first-order chi connectivity index (χ1) is 8.31. The standard InChI is InChI=1S/C16H20O/c1-3-11-17-16-12-13(2)9-10-15(16)14-7-5-4-6-8-14/h1,9-10,12,14H,4-8,11H2,2H3. The lowest BCUT2D eigenvalue weighted by atomic mass is 9.83. The van der Waals surface area contributed by atoms with E-state index in [0.29, 0.717) is 12.5 Å². The van der Waals surface area contributed by atoms with Gasteiger partial charge in [-0.1, -0.05) is 37.3 Å². The van der Waals surface area contributed by atoms with Crippen LogP contribution in [-0.4, -0.2) is 6.61 Å². The van der Waals surface area contributed by atoms with Crippen LogP contribution in [0, 0.1) is 19.3 Å². The Balaban J connectivity index is 2.21. The molecule has 1 nitrogen and oxygen atoms in total. The second kappa shape index (κ2) is 5.77. The van der Waals surface area contributed by atoms with Crippen LogP contribution in [0.1, 0.15) is 49.1 Å². The van der Waals surface area contributed by atoms with Crippen LogP contribution in [0.5, 0.6) is 5.75 Å². The highest BCUT2D eigenvalue weighted by Crippen LogP contribution is 2.37. The molecule has 1 aliphatic carbocycles. The molecule has 17 heavy (non-hydrogen) atoms. The van der Waals surface area contributed by atoms with E-state index < -0.39 is 0 Å². The van der Waals surface area contributed by atoms with E-state index in [1.54, 1.807) is 0 Å². The van der Waals surface area contributed by atoms with Crippen molar-refractivity contribution in [3.8, 4) is 18.1 Å². The van der Waals surface area contributed by atoms with Crippen LogP contribution in [0.15, 0.2) is 18.2 Å². The molecule has 0 unspecified atom stereocenters. The summed E-state index contributed by atoms with van der Waals surface area (Å²) in [4.78, 5) is 0. The topological polar surface area (TPSA) is 9.23 Å². The van der Waals surface area contributed by atoms with Crippen molar-refractivity contribution < 1.29 is 4.74 Å². The average molecular weight is 228 g/mol. The Morgan fingerprint density at radius 3 is 2.76 bits per heavy atom. The molecule has 0 saturated heterocycles. The van der Waals surface area contributed by atoms with Crippen LogP contribution < -0.4 is 4.74 Å². The Morgan fingerprint density at radius 2 is 2.06 bits per heavy atom. The number of rotatable bonds is 3. The van der Waals surface area contributed by atoms with Crippen molar-refractivity contribution in [2.45, 2.75) is 44.9 Å². The molecule has 1 aliphatic rings. The number of hydrogen-bond donors (Lipinski definition) is 0. The van der Waals surface area contributed by atoms with Crippen LogP contribution in [0.4, 0.5) is 0 Å². The maximum atomic E-state index is 5.68. The third-order valence-electron chi connectivity index (χ3n) is 3.53. The van der Waals surface area contributed by atoms with Crippen molar-refractivity contribution in [3.05, 3.63) is 29.3 Å². The Kier molecular flexibility index (Phi) is 4.09. The van der Waals surface area contributed by atoms with Gasteiger partial charge in [-0.2, -0.15) is 0 Å². The summed E-state index contributed by atoms with van der Waals surface area (Å²) in [5, 5.41) is 0. The van der Waals surface area contributed by atoms with Gasteiger partial charge in [-0.25, -0.2) is 0 Å². The van der Waals surface area contributed by atoms with Gasteiger partial charge in [0.2, 0.25) is 0 Å². The van der Waals surface area contributed by atoms with Crippen LogP contribution in [0.3, 0.4) is 0 Å². The zero-order valence-corrected chi connectivity index (χ0v) is 10.5. The zero-order valence-electron chi connectivity index (χ0n) is 10.5. The predicted molar refractivity (Wildman–Crippen MR) is 71.3 cm³/mol. The molecule has 0 amide bonds. The number of terminal acetylenes is 1. The summed E-state index contributed by atoms with van der Waals surface area (Å²) in [5.41, 5.74) is 2.59. The summed E-state index contributed by atoms with van der Waals surface area (Å²) in [6.45, 7) is 2.45. The summed E-state index contributed by atoms with van der Waals surface area (Å²) in [6, 6.07) is 6.51. The van der Waals surface area contributed by atoms with Crippen LogP contribution in [-0.2, 0) is 0 Å². The second-order valence-electron chi connectivity index (χ2n) is 4.87. The fourth-order valence-corrected chi connectivity index (χ4v) is 2.64. The Labute approximate surface area is 104 Å². The van der Waals surface area contributed by atoms with Crippen molar-refractivity contribution in [3.63, 3.8) is 0 Å². The molecular weight excluding hydrogens is 208 g/mol. The van der Waals surface area contributed by atoms with Gasteiger partial charge in [-0.3, -0.25) is 0 Å². The maximum absolute atomic E-state index is 5.68. The molecular formula is C16H20O. The van der Waals surface area contributed by atoms with Crippen molar-refractivity contribution in [1.29, 1.82) is 0 Å². The van der Waals surface area contributed by atoms with Crippen LogP contribution in [0.25, 0.3) is 0 Å². The predicted octanol–water partition coefficient (Wildman–Crippen LogP) is 4.05. The third kappa shape index (κ3) is 3.03. The van der Waals surface area contributed by atoms with Crippen molar-refractivity contribution in [1.82, 2.24) is 0 Å². The lowest BCUT2D eigenvalue weighted by molar-refractivity contribution is 0.353. The highest BCUT2D eigenvalue weighted by atomic mass is 16.5. The van der Waals surface area contributed by atoms with E-state index in [2.05, 4.69) is 31.0 Å². The van der Waals surface area contributed by atoms with Crippen LogP contribution in [0.2, 0.25) is 0 Å². The quantitative estimate of drug-likeness (QED) is 0.709. The lowest BCUT2D eigenvalue weighted by Crippen LogP contribution is -2.07. The van der Waals surface area contributed by atoms with Crippen LogP contribution >= 0.6 is 0 Å². The molecule has 1 heteroatoms. The molecule has 0 bridgehead atoms. The Morgan fingerprint density at radius 1 is 1.29 bits per heavy atom. The van der Waals surface area contributed by atoms with Crippen molar-refractivity contribution >= 4 is 0 Å². The molecule has 0 atom stereocenters. The highest BCUT2D eigenvalue weighted by molar-refractivity contribution is 5.40. The van der Waals surface area contributed by atoms with E-state index >= 15 is 0 Å². The molecule has 1 aromatic carbocycles. The molecule has 0 aliphatic heterocycles. The molecule has 1 fully saturated rings. The normalized spacial score (nSPS) is 16.5. The molecule has 1 aromatic rings. The van der Waals surface area contributed by atoms with E-state index in [0.717, 1.165) is 5.75 Å². The molecule has 0 radical (unpaired) electrons. The molecule has 2 rings (SSSR count). The molecule has 1 saturated carbocycles. The molecule has 90 valence electrons. The first-order valence-corrected chi connectivity index (χ1v) is 6.48. The van der Waals surface area contributed by atoms with Gasteiger partial charge in [0, 0.05) is 0 Å². The van der Waals surface area contributed by atoms with E-state index in [4.69, 9.17) is 11.2 Å². The van der Waals surface area contributed by atoms with Gasteiger partial charge in [0.05, 0.1) is 0 Å². The van der Waals surface area contributed by atoms with Gasteiger partial charge in [-0.15, -0.1) is 6.42 Å². The summed E-state index contributed by atoms with van der Waals surface area (Å²) < 4.78 is 5.68. The summed E-state index contributed by atoms with van der Waals surface area (Å²) in [5.74, 6) is 4.20. The first kappa shape index (κ1) is 12.0. The van der Waals surface area contributed by atoms with Crippen molar-refractivity contribution in [2.75, 3.05) is 6.61 Å². The van der Waals surface area contributed by atoms with Gasteiger partial charge < -0.3 is 4.74 Å². The molecule has 0 N–H and O–H groups in total. The highest BCUT2D eigenvalue weighted by Gasteiger charge is 2.19. The lowest BCUT2D eigenvalue weighted by Gasteiger charge is -2.24. The second-order valence-corrected chi connectivity index (χ2v) is 4.87. The first-order valence-electron chi connectivity index (χ1n) is 6.48. The minimum Gasteiger partial charge on any atom is -0.481 e. The van der Waals surface area contributed by atoms with Gasteiger partial charge in [0.25, 0.3) is 0 Å². The SMILES string of the molecule is C#CCOc1cc(C)ccc1C1CCCCC1. The number of aryl methyl sites for hydroxylation is 1. The molecule has 0 aromatic heterocycles. The summed E-state index contributed by atoms with van der Waals surface area (Å²) in [7, 11) is 0. The fourth-order valence-electron chi connectivity index (χ4n) is 2.64. The van der Waals surface area contributed by atoms with E-state index in [-0.39, 0.29) is 0 Å². The largest absolute Gasteiger partial charge is 0.481 e. The number of hydrogen-bond acceptors (Lipinski definition) is 1. The Bertz CT molecular complexity index is 408. The average Bonchev–Trinajstić information content (AvgIpc) is 2.37. The number of benzene rings is 1. The van der Waals surface area contributed by atoms with E-state index in [1.807, 2.05) is 0 Å². The van der Waals surface area contributed by atoms with E-state index in [1.165, 1.54) is 43.2 Å². The zero-order chi connectivity index (χ0) is 12.1. The monoisotopic (exact) mass is 228 g/mol. The maximum Gasteiger partial charge on any atom is 0.148 e. The minimum atomic E-state index is 0.364. The summed E-state index contributed by atoms with van der Waals surface area (Å²) >= 11 is 0. The minimum absolute atomic E-state index is 0.364. The molecule has 0 heterocycles. The van der Waals surface area contributed by atoms with Gasteiger partial charge in [-0.05, 0) is 42.9 Å². The Hall–Kier alpha value is -1.42. The number of ether oxygens (including phenoxy) is 1. The fraction of sp³-hybridized carbons (Fsp3) is 0.500. The van der Waals surface area contributed by atoms with E-state index in [9.17, 15) is 0 Å². The van der Waals surface area contributed by atoms with Crippen molar-refractivity contribution in [2.24, 2.45) is 0 Å². The van der Waals surface area contributed by atoms with Gasteiger partial charge in [0.15, 0.2) is 0 Å². The van der Waals surface area contributed by atoms with Gasteiger partial charge >= 0.3 is 0 Å².